The molecule has 1 N–H and O–H groups in total. The number of nitrogens with zero attached hydrogens (tertiary/aromatic N) is 2. The number of rotatable bonds is 9. The van der Waals surface area contributed by atoms with Crippen LogP contribution in [0.15, 0.2) is 55.3 Å². The predicted molar refractivity (Wildman–Crippen MR) is 115 cm³/mol. The Kier molecular flexibility index (Phi) is 7.25. The molecule has 4 nitrogen and oxygen atoms in total. The Bertz CT molecular complexity index is 1060. The van der Waals surface area contributed by atoms with E-state index in [1.54, 1.807) is 43.4 Å². The lowest BCUT2D eigenvalue weighted by atomic mass is 10.1. The normalized spacial score (nSPS) is 12.4. The summed E-state index contributed by atoms with van der Waals surface area (Å²) in [5.41, 5.74) is 1.63. The van der Waals surface area contributed by atoms with Crippen molar-refractivity contribution in [3.8, 4) is 17.0 Å². The van der Waals surface area contributed by atoms with Crippen LogP contribution in [0, 0.1) is 11.6 Å². The fourth-order valence-corrected chi connectivity index (χ4v) is 3.00. The minimum Gasteiger partial charge on any atom is -0.489 e. The maximum atomic E-state index is 14.7. The topological polar surface area (TPSA) is 55.2 Å². The number of ether oxygens (including phenoxy) is 1. The van der Waals surface area contributed by atoms with Gasteiger partial charge in [-0.15, -0.1) is 0 Å². The molecule has 1 heterocycles. The predicted octanol–water partition coefficient (Wildman–Crippen LogP) is 5.70. The van der Waals surface area contributed by atoms with Crippen molar-refractivity contribution in [3.63, 3.8) is 0 Å². The van der Waals surface area contributed by atoms with Gasteiger partial charge in [-0.2, -0.15) is 0 Å². The number of halogens is 2. The smallest absolute Gasteiger partial charge is 0.168 e. The molecule has 0 aliphatic rings. The Morgan fingerprint density at radius 3 is 2.77 bits per heavy atom. The van der Waals surface area contributed by atoms with Crippen LogP contribution in [0.25, 0.3) is 28.4 Å². The second kappa shape index (κ2) is 10.1. The summed E-state index contributed by atoms with van der Waals surface area (Å²) in [7, 11) is 0. The number of unbranched alkanes of at least 4 members (excludes halogenated alkanes) is 1. The quantitative estimate of drug-likeness (QED) is 0.363. The molecule has 2 aromatic carbocycles. The Hall–Kier alpha value is -3.12. The molecule has 0 saturated carbocycles. The molecule has 0 fully saturated rings. The number of benzene rings is 2. The maximum absolute atomic E-state index is 14.7. The Balaban J connectivity index is 1.81. The number of aliphatic hydroxyl groups excluding tert-OH is 1. The van der Waals surface area contributed by atoms with Crippen LogP contribution < -0.4 is 4.74 Å². The largest absolute Gasteiger partial charge is 0.489 e. The zero-order valence-electron chi connectivity index (χ0n) is 16.8. The van der Waals surface area contributed by atoms with Crippen LogP contribution in [0.2, 0.25) is 0 Å². The number of fused-ring (bicyclic) bond motifs is 1. The van der Waals surface area contributed by atoms with Gasteiger partial charge in [-0.3, -0.25) is 4.98 Å². The molecule has 1 aromatic heterocycles. The molecule has 0 radical (unpaired) electrons. The van der Waals surface area contributed by atoms with Gasteiger partial charge < -0.3 is 9.84 Å². The summed E-state index contributed by atoms with van der Waals surface area (Å²) in [6.07, 6.45) is 8.17. The second-order valence-corrected chi connectivity index (χ2v) is 7.02. The van der Waals surface area contributed by atoms with Gasteiger partial charge in [0.2, 0.25) is 0 Å². The number of allylic oxidation sites excluding steroid dienone is 1. The molecule has 0 amide bonds. The summed E-state index contributed by atoms with van der Waals surface area (Å²) >= 11 is 0. The molecule has 30 heavy (non-hydrogen) atoms. The average molecular weight is 410 g/mol. The van der Waals surface area contributed by atoms with E-state index in [4.69, 9.17) is 4.74 Å². The highest BCUT2D eigenvalue weighted by Crippen LogP contribution is 2.27. The molecule has 3 rings (SSSR count). The zero-order valence-corrected chi connectivity index (χ0v) is 16.8. The molecule has 1 atom stereocenters. The van der Waals surface area contributed by atoms with Gasteiger partial charge in [-0.05, 0) is 44.4 Å². The van der Waals surface area contributed by atoms with Crippen molar-refractivity contribution in [2.24, 2.45) is 0 Å². The summed E-state index contributed by atoms with van der Waals surface area (Å²) in [6, 6.07) is 8.23. The summed E-state index contributed by atoms with van der Waals surface area (Å²) in [5, 5.41) is 9.25. The molecule has 0 bridgehead atoms. The molecular formula is C24H24F2N2O2. The highest BCUT2D eigenvalue weighted by atomic mass is 19.2. The number of hydrogen-bond acceptors (Lipinski definition) is 4. The molecule has 1 unspecified atom stereocenters. The van der Waals surface area contributed by atoms with Gasteiger partial charge in [0, 0.05) is 17.2 Å². The summed E-state index contributed by atoms with van der Waals surface area (Å²) in [4.78, 5) is 8.73. The van der Waals surface area contributed by atoms with E-state index >= 15 is 0 Å². The lowest BCUT2D eigenvalue weighted by Crippen LogP contribution is -1.98. The van der Waals surface area contributed by atoms with E-state index < -0.39 is 11.6 Å². The van der Waals surface area contributed by atoms with Crippen LogP contribution in [-0.2, 0) is 0 Å². The molecular weight excluding hydrogens is 386 g/mol. The first-order chi connectivity index (χ1) is 14.5. The van der Waals surface area contributed by atoms with Crippen LogP contribution in [0.3, 0.4) is 0 Å². The first-order valence-corrected chi connectivity index (χ1v) is 9.83. The third kappa shape index (κ3) is 5.27. The van der Waals surface area contributed by atoms with Crippen molar-refractivity contribution in [2.75, 3.05) is 6.61 Å². The molecule has 0 aliphatic heterocycles. The third-order valence-electron chi connectivity index (χ3n) is 4.56. The summed E-state index contributed by atoms with van der Waals surface area (Å²) in [6.45, 7) is 5.71. The standard InChI is InChI=1S/C24H24F2N2O2/c1-3-13-30-18-10-12-20-21(14-18)27-15-22(28-20)19-11-9-17(23(25)24(19)26)8-6-4-5-7-16(2)29/h3,6,8-12,14-16,29H,1,4-5,7,13H2,2H3/b8-6+. The lowest BCUT2D eigenvalue weighted by Gasteiger charge is -2.08. The van der Waals surface area contributed by atoms with Crippen molar-refractivity contribution in [3.05, 3.63) is 72.5 Å². The van der Waals surface area contributed by atoms with Crippen molar-refractivity contribution >= 4 is 17.1 Å². The van der Waals surface area contributed by atoms with E-state index in [2.05, 4.69) is 16.5 Å². The fourth-order valence-electron chi connectivity index (χ4n) is 3.00. The summed E-state index contributed by atoms with van der Waals surface area (Å²) in [5.74, 6) is -1.25. The van der Waals surface area contributed by atoms with Gasteiger partial charge >= 0.3 is 0 Å². The second-order valence-electron chi connectivity index (χ2n) is 7.02. The molecule has 0 aliphatic carbocycles. The van der Waals surface area contributed by atoms with E-state index in [1.807, 2.05) is 0 Å². The van der Waals surface area contributed by atoms with Gasteiger partial charge in [0.05, 0.1) is 29.0 Å². The molecule has 0 saturated heterocycles. The third-order valence-corrected chi connectivity index (χ3v) is 4.56. The van der Waals surface area contributed by atoms with Crippen LogP contribution in [0.5, 0.6) is 5.75 Å². The van der Waals surface area contributed by atoms with E-state index in [1.165, 1.54) is 18.3 Å². The Labute approximate surface area is 174 Å². The van der Waals surface area contributed by atoms with Crippen LogP contribution >= 0.6 is 0 Å². The molecule has 6 heteroatoms. The molecule has 0 spiro atoms. The van der Waals surface area contributed by atoms with E-state index in [0.29, 0.717) is 36.2 Å². The lowest BCUT2D eigenvalue weighted by molar-refractivity contribution is 0.182. The minimum absolute atomic E-state index is 0.0557. The first kappa shape index (κ1) is 21.6. The SMILES string of the molecule is C=CCOc1ccc2nc(-c3ccc(/C=C/CCCC(C)O)c(F)c3F)cnc2c1. The highest BCUT2D eigenvalue weighted by molar-refractivity contribution is 5.78. The minimum atomic E-state index is -0.958. The fraction of sp³-hybridized carbons (Fsp3) is 0.250. The number of aromatic nitrogens is 2. The van der Waals surface area contributed by atoms with Gasteiger partial charge in [0.25, 0.3) is 0 Å². The van der Waals surface area contributed by atoms with E-state index in [-0.39, 0.29) is 22.9 Å². The van der Waals surface area contributed by atoms with Crippen LogP contribution in [0.4, 0.5) is 8.78 Å². The van der Waals surface area contributed by atoms with Gasteiger partial charge in [0.1, 0.15) is 12.4 Å². The van der Waals surface area contributed by atoms with Crippen molar-refractivity contribution in [1.82, 2.24) is 9.97 Å². The maximum Gasteiger partial charge on any atom is 0.168 e. The number of aliphatic hydroxyl groups is 1. The van der Waals surface area contributed by atoms with E-state index in [0.717, 1.165) is 6.42 Å². The molecule has 3 aromatic rings. The summed E-state index contributed by atoms with van der Waals surface area (Å²) < 4.78 is 34.7. The van der Waals surface area contributed by atoms with Gasteiger partial charge in [-0.1, -0.05) is 30.9 Å². The van der Waals surface area contributed by atoms with Crippen molar-refractivity contribution in [1.29, 1.82) is 0 Å². The Morgan fingerprint density at radius 2 is 2.00 bits per heavy atom. The molecule has 156 valence electrons. The monoisotopic (exact) mass is 410 g/mol. The first-order valence-electron chi connectivity index (χ1n) is 9.83. The number of hydrogen-bond donors (Lipinski definition) is 1. The van der Waals surface area contributed by atoms with E-state index in [9.17, 15) is 13.9 Å². The average Bonchev–Trinajstić information content (AvgIpc) is 2.74. The van der Waals surface area contributed by atoms with Crippen LogP contribution in [0.1, 0.15) is 31.7 Å². The zero-order chi connectivity index (χ0) is 21.5. The van der Waals surface area contributed by atoms with Crippen LogP contribution in [-0.4, -0.2) is 27.8 Å². The Morgan fingerprint density at radius 1 is 1.17 bits per heavy atom. The van der Waals surface area contributed by atoms with Crippen molar-refractivity contribution in [2.45, 2.75) is 32.3 Å². The van der Waals surface area contributed by atoms with Gasteiger partial charge in [-0.25, -0.2) is 13.8 Å². The van der Waals surface area contributed by atoms with Crippen molar-refractivity contribution < 1.29 is 18.6 Å². The van der Waals surface area contributed by atoms with Gasteiger partial charge in [0.15, 0.2) is 11.6 Å². The highest BCUT2D eigenvalue weighted by Gasteiger charge is 2.15.